The zero-order chi connectivity index (χ0) is 8.39. The smallest absolute Gasteiger partial charge is 0.282 e. The Hall–Kier alpha value is -0.0551. The van der Waals surface area contributed by atoms with Crippen LogP contribution < -0.4 is 0 Å². The molecule has 2 heterocycles. The lowest BCUT2D eigenvalue weighted by atomic mass is 10.2. The Balaban J connectivity index is 1.92. The molecule has 12 heavy (non-hydrogen) atoms. The molecule has 2 rings (SSSR count). The minimum absolute atomic E-state index is 0.531. The van der Waals surface area contributed by atoms with Crippen LogP contribution >= 0.6 is 0 Å². The summed E-state index contributed by atoms with van der Waals surface area (Å²) >= 11 is 0. The highest BCUT2D eigenvalue weighted by Crippen LogP contribution is 2.26. The molecule has 0 aliphatic carbocycles. The molecule has 0 amide bonds. The van der Waals surface area contributed by atoms with Crippen molar-refractivity contribution in [3.63, 3.8) is 0 Å². The van der Waals surface area contributed by atoms with Crippen LogP contribution in [0.1, 0.15) is 12.8 Å². The second-order valence-corrected chi connectivity index (χ2v) is 3.53. The van der Waals surface area contributed by atoms with Crippen molar-refractivity contribution in [1.82, 2.24) is 4.90 Å². The molecular weight excluding hydrogens is 153 g/mol. The molecule has 2 saturated heterocycles. The van der Waals surface area contributed by atoms with Crippen molar-refractivity contribution in [2.24, 2.45) is 0 Å². The van der Waals surface area contributed by atoms with Crippen molar-refractivity contribution in [2.45, 2.75) is 24.9 Å². The second-order valence-electron chi connectivity index (χ2n) is 3.53. The maximum atomic E-state index is 5.40. The number of fused-ring (bicyclic) bond motifs is 1. The molecule has 2 atom stereocenters. The molecule has 2 radical (unpaired) electrons. The summed E-state index contributed by atoms with van der Waals surface area (Å²) in [7, 11) is 5.07. The highest BCUT2D eigenvalue weighted by atomic mass is 16.5. The van der Waals surface area contributed by atoms with Gasteiger partial charge in [-0.05, 0) is 12.8 Å². The summed E-state index contributed by atoms with van der Waals surface area (Å²) in [5, 5.41) is 0. The first kappa shape index (κ1) is 8.54. The van der Waals surface area contributed by atoms with Crippen molar-refractivity contribution < 1.29 is 9.39 Å². The molecular formula is C8H14BNO2. The van der Waals surface area contributed by atoms with Gasteiger partial charge in [-0.25, -0.2) is 0 Å². The average Bonchev–Trinajstić information content (AvgIpc) is 2.50. The van der Waals surface area contributed by atoms with Gasteiger partial charge in [0.2, 0.25) is 0 Å². The van der Waals surface area contributed by atoms with Gasteiger partial charge in [0.15, 0.2) is 0 Å². The molecule has 4 heteroatoms. The first-order valence-electron chi connectivity index (χ1n) is 4.57. The molecule has 2 aliphatic heterocycles. The van der Waals surface area contributed by atoms with Gasteiger partial charge >= 0.3 is 0 Å². The van der Waals surface area contributed by atoms with E-state index in [1.54, 1.807) is 0 Å². The van der Waals surface area contributed by atoms with Crippen molar-refractivity contribution in [3.8, 4) is 0 Å². The summed E-state index contributed by atoms with van der Waals surface area (Å²) in [5.41, 5.74) is 0. The minimum Gasteiger partial charge on any atom is -0.446 e. The van der Waals surface area contributed by atoms with E-state index in [2.05, 4.69) is 4.90 Å². The summed E-state index contributed by atoms with van der Waals surface area (Å²) < 4.78 is 10.1. The lowest BCUT2D eigenvalue weighted by Gasteiger charge is -2.33. The standard InChI is InChI=1S/C8H14BNO2/c9-12-6-8-2-1-7-5-11-4-3-10(7)8/h7-8H,1-6H2. The first-order valence-corrected chi connectivity index (χ1v) is 4.57. The molecule has 0 saturated carbocycles. The third kappa shape index (κ3) is 1.51. The predicted molar refractivity (Wildman–Crippen MR) is 46.0 cm³/mol. The highest BCUT2D eigenvalue weighted by molar-refractivity contribution is 5.97. The monoisotopic (exact) mass is 167 g/mol. The second kappa shape index (κ2) is 3.77. The van der Waals surface area contributed by atoms with Gasteiger partial charge in [0.25, 0.3) is 8.05 Å². The summed E-state index contributed by atoms with van der Waals surface area (Å²) in [4.78, 5) is 2.47. The molecule has 66 valence electrons. The number of hydrogen-bond acceptors (Lipinski definition) is 3. The van der Waals surface area contributed by atoms with Crippen molar-refractivity contribution >= 4 is 8.05 Å². The first-order chi connectivity index (χ1) is 5.92. The van der Waals surface area contributed by atoms with Crippen LogP contribution in [0.2, 0.25) is 0 Å². The van der Waals surface area contributed by atoms with Crippen LogP contribution in [0.3, 0.4) is 0 Å². The number of hydrogen-bond donors (Lipinski definition) is 0. The van der Waals surface area contributed by atoms with E-state index >= 15 is 0 Å². The molecule has 0 bridgehead atoms. The molecule has 0 aromatic rings. The Kier molecular flexibility index (Phi) is 2.68. The van der Waals surface area contributed by atoms with Crippen molar-refractivity contribution in [1.29, 1.82) is 0 Å². The fraction of sp³-hybridized carbons (Fsp3) is 1.00. The number of nitrogens with zero attached hydrogens (tertiary/aromatic N) is 1. The summed E-state index contributed by atoms with van der Waals surface area (Å²) in [6.45, 7) is 3.45. The van der Waals surface area contributed by atoms with Crippen molar-refractivity contribution in [2.75, 3.05) is 26.4 Å². The maximum Gasteiger partial charge on any atom is 0.282 e. The van der Waals surface area contributed by atoms with E-state index in [1.165, 1.54) is 12.8 Å². The van der Waals surface area contributed by atoms with Crippen LogP contribution in [0.5, 0.6) is 0 Å². The summed E-state index contributed by atoms with van der Waals surface area (Å²) in [6.07, 6.45) is 2.43. The SMILES string of the molecule is [B]OCC1CCC2COCCN12. The van der Waals surface area contributed by atoms with Gasteiger partial charge in [-0.1, -0.05) is 0 Å². The van der Waals surface area contributed by atoms with Crippen molar-refractivity contribution in [3.05, 3.63) is 0 Å². The Morgan fingerprint density at radius 3 is 3.25 bits per heavy atom. The number of ether oxygens (including phenoxy) is 1. The van der Waals surface area contributed by atoms with Gasteiger partial charge in [0.1, 0.15) is 0 Å². The molecule has 0 N–H and O–H groups in total. The lowest BCUT2D eigenvalue weighted by molar-refractivity contribution is -0.00910. The fourth-order valence-electron chi connectivity index (χ4n) is 2.24. The summed E-state index contributed by atoms with van der Waals surface area (Å²) in [6, 6.07) is 1.16. The molecule has 2 fully saturated rings. The van der Waals surface area contributed by atoms with Gasteiger partial charge in [-0.15, -0.1) is 0 Å². The van der Waals surface area contributed by atoms with E-state index in [0.717, 1.165) is 19.8 Å². The zero-order valence-corrected chi connectivity index (χ0v) is 7.24. The molecule has 2 aliphatic rings. The Bertz CT molecular complexity index is 156. The zero-order valence-electron chi connectivity index (χ0n) is 7.24. The Morgan fingerprint density at radius 1 is 1.50 bits per heavy atom. The molecule has 2 unspecified atom stereocenters. The van der Waals surface area contributed by atoms with E-state index in [4.69, 9.17) is 17.4 Å². The third-order valence-corrected chi connectivity index (χ3v) is 2.86. The highest BCUT2D eigenvalue weighted by Gasteiger charge is 2.34. The van der Waals surface area contributed by atoms with E-state index in [0.29, 0.717) is 18.7 Å². The minimum atomic E-state index is 0.531. The fourth-order valence-corrected chi connectivity index (χ4v) is 2.24. The van der Waals surface area contributed by atoms with Crippen LogP contribution in [0, 0.1) is 0 Å². The summed E-state index contributed by atoms with van der Waals surface area (Å²) in [5.74, 6) is 0. The topological polar surface area (TPSA) is 21.7 Å². The molecule has 0 spiro atoms. The Labute approximate surface area is 74.5 Å². The predicted octanol–water partition coefficient (Wildman–Crippen LogP) is -0.0503. The van der Waals surface area contributed by atoms with Gasteiger partial charge in [-0.3, -0.25) is 4.90 Å². The van der Waals surface area contributed by atoms with Gasteiger partial charge in [-0.2, -0.15) is 0 Å². The largest absolute Gasteiger partial charge is 0.446 e. The number of rotatable bonds is 2. The van der Waals surface area contributed by atoms with Crippen LogP contribution in [-0.4, -0.2) is 51.4 Å². The quantitative estimate of drug-likeness (QED) is 0.538. The normalized spacial score (nSPS) is 36.7. The van der Waals surface area contributed by atoms with Gasteiger partial charge in [0, 0.05) is 25.2 Å². The van der Waals surface area contributed by atoms with Crippen LogP contribution in [-0.2, 0) is 9.39 Å². The van der Waals surface area contributed by atoms with E-state index in [-0.39, 0.29) is 0 Å². The van der Waals surface area contributed by atoms with Crippen LogP contribution in [0.4, 0.5) is 0 Å². The Morgan fingerprint density at radius 2 is 2.42 bits per heavy atom. The third-order valence-electron chi connectivity index (χ3n) is 2.86. The lowest BCUT2D eigenvalue weighted by Crippen LogP contribution is -2.46. The average molecular weight is 167 g/mol. The van der Waals surface area contributed by atoms with E-state index in [1.807, 2.05) is 0 Å². The van der Waals surface area contributed by atoms with Crippen LogP contribution in [0.25, 0.3) is 0 Å². The van der Waals surface area contributed by atoms with E-state index in [9.17, 15) is 0 Å². The molecule has 3 nitrogen and oxygen atoms in total. The van der Waals surface area contributed by atoms with Gasteiger partial charge < -0.3 is 9.39 Å². The van der Waals surface area contributed by atoms with E-state index < -0.39 is 0 Å². The maximum absolute atomic E-state index is 5.40. The van der Waals surface area contributed by atoms with Gasteiger partial charge in [0.05, 0.1) is 13.2 Å². The van der Waals surface area contributed by atoms with Crippen LogP contribution in [0.15, 0.2) is 0 Å². The molecule has 0 aromatic heterocycles. The number of morpholine rings is 1. The molecule has 0 aromatic carbocycles.